The van der Waals surface area contributed by atoms with Crippen LogP contribution < -0.4 is 0 Å². The Balaban J connectivity index is 1.93. The van der Waals surface area contributed by atoms with Crippen LogP contribution in [0.1, 0.15) is 27.2 Å². The molecule has 1 saturated heterocycles. The van der Waals surface area contributed by atoms with Crippen molar-refractivity contribution in [1.82, 2.24) is 15.1 Å². The predicted molar refractivity (Wildman–Crippen MR) is 74.8 cm³/mol. The van der Waals surface area contributed by atoms with E-state index in [-0.39, 0.29) is 11.2 Å². The highest BCUT2D eigenvalue weighted by molar-refractivity contribution is 8.02. The lowest BCUT2D eigenvalue weighted by Gasteiger charge is -2.36. The molecular formula is C12H19N3OS2. The Kier molecular flexibility index (Phi) is 4.61. The number of hydrogen-bond acceptors (Lipinski definition) is 5. The molecule has 3 atom stereocenters. The molecule has 1 aromatic heterocycles. The van der Waals surface area contributed by atoms with Crippen LogP contribution >= 0.6 is 23.1 Å². The van der Waals surface area contributed by atoms with E-state index < -0.39 is 0 Å². The molecule has 4 nitrogen and oxygen atoms in total. The molecule has 0 bridgehead atoms. The van der Waals surface area contributed by atoms with Gasteiger partial charge in [-0.25, -0.2) is 0 Å². The summed E-state index contributed by atoms with van der Waals surface area (Å²) in [5.74, 6) is 1.45. The van der Waals surface area contributed by atoms with Gasteiger partial charge in [0.15, 0.2) is 4.34 Å². The fraction of sp³-hybridized carbons (Fsp3) is 0.750. The van der Waals surface area contributed by atoms with E-state index in [1.54, 1.807) is 5.51 Å². The van der Waals surface area contributed by atoms with Gasteiger partial charge in [-0.3, -0.25) is 4.79 Å². The average molecular weight is 285 g/mol. The van der Waals surface area contributed by atoms with Crippen LogP contribution in [-0.2, 0) is 4.79 Å². The van der Waals surface area contributed by atoms with Gasteiger partial charge in [0.25, 0.3) is 0 Å². The topological polar surface area (TPSA) is 46.1 Å². The average Bonchev–Trinajstić information content (AvgIpc) is 2.79. The summed E-state index contributed by atoms with van der Waals surface area (Å²) in [7, 11) is 0. The second-order valence-electron chi connectivity index (χ2n) is 5.15. The lowest BCUT2D eigenvalue weighted by Crippen LogP contribution is -2.45. The largest absolute Gasteiger partial charge is 0.341 e. The Morgan fingerprint density at radius 2 is 2.17 bits per heavy atom. The maximum Gasteiger partial charge on any atom is 0.235 e. The van der Waals surface area contributed by atoms with Gasteiger partial charge in [0.05, 0.1) is 5.25 Å². The molecule has 1 aliphatic rings. The van der Waals surface area contributed by atoms with Crippen molar-refractivity contribution in [2.75, 3.05) is 13.1 Å². The van der Waals surface area contributed by atoms with Crippen molar-refractivity contribution >= 4 is 29.0 Å². The lowest BCUT2D eigenvalue weighted by atomic mass is 9.92. The van der Waals surface area contributed by atoms with Crippen molar-refractivity contribution < 1.29 is 4.79 Å². The molecule has 0 saturated carbocycles. The number of rotatable bonds is 3. The Morgan fingerprint density at radius 3 is 2.72 bits per heavy atom. The van der Waals surface area contributed by atoms with Gasteiger partial charge in [0.2, 0.25) is 5.91 Å². The van der Waals surface area contributed by atoms with E-state index >= 15 is 0 Å². The van der Waals surface area contributed by atoms with Gasteiger partial charge in [-0.15, -0.1) is 10.2 Å². The van der Waals surface area contributed by atoms with Crippen LogP contribution in [0.4, 0.5) is 0 Å². The number of aromatic nitrogens is 2. The highest BCUT2D eigenvalue weighted by atomic mass is 32.2. The van der Waals surface area contributed by atoms with Crippen molar-refractivity contribution in [3.05, 3.63) is 5.51 Å². The Hall–Kier alpha value is -0.620. The van der Waals surface area contributed by atoms with Crippen LogP contribution in [0.2, 0.25) is 0 Å². The number of likely N-dealkylation sites (tertiary alicyclic amines) is 1. The van der Waals surface area contributed by atoms with Crippen LogP contribution in [0.25, 0.3) is 0 Å². The van der Waals surface area contributed by atoms with E-state index in [2.05, 4.69) is 24.0 Å². The zero-order valence-electron chi connectivity index (χ0n) is 11.0. The van der Waals surface area contributed by atoms with Crippen molar-refractivity contribution in [3.63, 3.8) is 0 Å². The minimum Gasteiger partial charge on any atom is -0.341 e. The Bertz CT molecular complexity index is 386. The first-order chi connectivity index (χ1) is 8.56. The van der Waals surface area contributed by atoms with E-state index in [4.69, 9.17) is 0 Å². The number of hydrogen-bond donors (Lipinski definition) is 0. The number of carbonyl (C=O) groups is 1. The molecule has 0 aromatic carbocycles. The third kappa shape index (κ3) is 3.45. The van der Waals surface area contributed by atoms with Crippen LogP contribution in [0.5, 0.6) is 0 Å². The summed E-state index contributed by atoms with van der Waals surface area (Å²) in [5, 5.41) is 7.69. The Morgan fingerprint density at radius 1 is 1.50 bits per heavy atom. The first kappa shape index (κ1) is 13.8. The zero-order valence-corrected chi connectivity index (χ0v) is 12.6. The third-order valence-corrected chi connectivity index (χ3v) is 5.04. The van der Waals surface area contributed by atoms with Gasteiger partial charge in [0.1, 0.15) is 5.51 Å². The third-order valence-electron chi connectivity index (χ3n) is 3.15. The molecule has 1 aromatic rings. The highest BCUT2D eigenvalue weighted by Gasteiger charge is 2.28. The zero-order chi connectivity index (χ0) is 13.1. The maximum absolute atomic E-state index is 12.4. The summed E-state index contributed by atoms with van der Waals surface area (Å²) in [5.41, 5.74) is 1.70. The quantitative estimate of drug-likeness (QED) is 0.801. The fourth-order valence-corrected chi connectivity index (χ4v) is 4.23. The summed E-state index contributed by atoms with van der Waals surface area (Å²) in [4.78, 5) is 14.4. The molecule has 0 N–H and O–H groups in total. The van der Waals surface area contributed by atoms with Crippen LogP contribution in [0.3, 0.4) is 0 Å². The monoisotopic (exact) mass is 285 g/mol. The molecule has 100 valence electrons. The molecule has 0 aliphatic carbocycles. The lowest BCUT2D eigenvalue weighted by molar-refractivity contribution is -0.132. The summed E-state index contributed by atoms with van der Waals surface area (Å²) >= 11 is 2.99. The molecule has 18 heavy (non-hydrogen) atoms. The van der Waals surface area contributed by atoms with Crippen molar-refractivity contribution in [2.45, 2.75) is 36.8 Å². The van der Waals surface area contributed by atoms with Gasteiger partial charge in [0, 0.05) is 13.1 Å². The molecule has 2 heterocycles. The van der Waals surface area contributed by atoms with Gasteiger partial charge in [-0.2, -0.15) is 0 Å². The van der Waals surface area contributed by atoms with Crippen molar-refractivity contribution in [1.29, 1.82) is 0 Å². The summed E-state index contributed by atoms with van der Waals surface area (Å²) < 4.78 is 0.869. The van der Waals surface area contributed by atoms with Gasteiger partial charge >= 0.3 is 0 Å². The summed E-state index contributed by atoms with van der Waals surface area (Å²) in [6.07, 6.45) is 1.22. The van der Waals surface area contributed by atoms with Crippen LogP contribution in [0, 0.1) is 11.8 Å². The number of amides is 1. The number of thioether (sulfide) groups is 1. The van der Waals surface area contributed by atoms with Gasteiger partial charge < -0.3 is 4.90 Å². The van der Waals surface area contributed by atoms with Crippen molar-refractivity contribution in [3.8, 4) is 0 Å². The van der Waals surface area contributed by atoms with E-state index in [9.17, 15) is 4.79 Å². The minimum atomic E-state index is -0.0737. The second-order valence-corrected chi connectivity index (χ2v) is 7.58. The normalized spacial score (nSPS) is 26.1. The predicted octanol–water partition coefficient (Wildman–Crippen LogP) is 2.52. The fourth-order valence-electron chi connectivity index (χ4n) is 2.52. The van der Waals surface area contributed by atoms with E-state index in [1.807, 2.05) is 11.8 Å². The molecule has 3 unspecified atom stereocenters. The molecule has 6 heteroatoms. The maximum atomic E-state index is 12.4. The van der Waals surface area contributed by atoms with E-state index in [0.717, 1.165) is 17.4 Å². The van der Waals surface area contributed by atoms with E-state index in [1.165, 1.54) is 29.5 Å². The Labute approximate surface area is 116 Å². The van der Waals surface area contributed by atoms with Crippen molar-refractivity contribution in [2.24, 2.45) is 11.8 Å². The highest BCUT2D eigenvalue weighted by Crippen LogP contribution is 2.28. The SMILES string of the molecule is CC1CC(C)CN(C(=O)C(C)Sc2nncs2)C1. The van der Waals surface area contributed by atoms with Gasteiger partial charge in [-0.1, -0.05) is 36.9 Å². The minimum absolute atomic E-state index is 0.0737. The smallest absolute Gasteiger partial charge is 0.235 e. The number of nitrogens with zero attached hydrogens (tertiary/aromatic N) is 3. The van der Waals surface area contributed by atoms with Crippen LogP contribution in [-0.4, -0.2) is 39.3 Å². The number of piperidine rings is 1. The van der Waals surface area contributed by atoms with E-state index in [0.29, 0.717) is 11.8 Å². The number of carbonyl (C=O) groups excluding carboxylic acids is 1. The second kappa shape index (κ2) is 6.02. The molecule has 2 rings (SSSR count). The first-order valence-corrected chi connectivity index (χ1v) is 8.03. The molecule has 0 radical (unpaired) electrons. The van der Waals surface area contributed by atoms with Crippen LogP contribution in [0.15, 0.2) is 9.85 Å². The molecule has 1 aliphatic heterocycles. The molecule has 1 amide bonds. The molecule has 0 spiro atoms. The first-order valence-electron chi connectivity index (χ1n) is 6.28. The summed E-state index contributed by atoms with van der Waals surface area (Å²) in [6, 6.07) is 0. The summed E-state index contributed by atoms with van der Waals surface area (Å²) in [6.45, 7) is 8.18. The molecular weight excluding hydrogens is 266 g/mol. The standard InChI is InChI=1S/C12H19N3OS2/c1-8-4-9(2)6-15(5-8)11(16)10(3)18-12-14-13-7-17-12/h7-10H,4-6H2,1-3H3. The molecule has 1 fully saturated rings. The van der Waals surface area contributed by atoms with Gasteiger partial charge in [-0.05, 0) is 25.2 Å².